The van der Waals surface area contributed by atoms with Crippen LogP contribution in [0.5, 0.6) is 0 Å². The Bertz CT molecular complexity index is 256. The van der Waals surface area contributed by atoms with Crippen LogP contribution in [0.4, 0.5) is 0 Å². The first kappa shape index (κ1) is 11.4. The summed E-state index contributed by atoms with van der Waals surface area (Å²) in [5, 5.41) is 8.47. The maximum Gasteiger partial charge on any atom is 0.323 e. The minimum absolute atomic E-state index is 0.302. The molecule has 0 bridgehead atoms. The van der Waals surface area contributed by atoms with E-state index in [1.807, 2.05) is 0 Å². The fourth-order valence-corrected chi connectivity index (χ4v) is 0.692. The quantitative estimate of drug-likeness (QED) is 0.662. The first-order valence-electron chi connectivity index (χ1n) is 3.77. The van der Waals surface area contributed by atoms with Crippen molar-refractivity contribution in [2.24, 2.45) is 0 Å². The molecule has 72 valence electrons. The van der Waals surface area contributed by atoms with E-state index < -0.39 is 5.97 Å². The number of carboxylic acid groups (broad SMARTS) is 1. The maximum atomic E-state index is 10.9. The molecule has 0 aromatic heterocycles. The summed E-state index contributed by atoms with van der Waals surface area (Å²) >= 11 is 0. The number of hydrogen-bond donors (Lipinski definition) is 1. The van der Waals surface area contributed by atoms with Gasteiger partial charge in [0.05, 0.1) is 0 Å². The number of hydrogen-bond acceptors (Lipinski definition) is 2. The summed E-state index contributed by atoms with van der Waals surface area (Å²) < 4.78 is 0. The topological polar surface area (TPSA) is 57.6 Å². The SMILES string of the molecule is C=C/C(C)=C\N(CC(=O)O)C(C)=O. The Morgan fingerprint density at radius 3 is 2.31 bits per heavy atom. The molecule has 1 amide bonds. The van der Waals surface area contributed by atoms with Gasteiger partial charge in [0.2, 0.25) is 5.91 Å². The van der Waals surface area contributed by atoms with Gasteiger partial charge in [-0.15, -0.1) is 0 Å². The Hall–Kier alpha value is -1.58. The zero-order valence-electron chi connectivity index (χ0n) is 7.78. The number of aliphatic carboxylic acids is 1. The molecule has 1 N–H and O–H groups in total. The molecule has 0 aliphatic carbocycles. The third-order valence-electron chi connectivity index (χ3n) is 1.39. The van der Waals surface area contributed by atoms with E-state index in [1.165, 1.54) is 13.1 Å². The number of carboxylic acids is 1. The van der Waals surface area contributed by atoms with E-state index in [1.54, 1.807) is 13.0 Å². The van der Waals surface area contributed by atoms with Gasteiger partial charge in [-0.1, -0.05) is 12.7 Å². The second kappa shape index (κ2) is 5.13. The maximum absolute atomic E-state index is 10.9. The highest BCUT2D eigenvalue weighted by Gasteiger charge is 2.09. The molecular formula is C9H13NO3. The van der Waals surface area contributed by atoms with Crippen molar-refractivity contribution >= 4 is 11.9 Å². The van der Waals surface area contributed by atoms with Crippen molar-refractivity contribution in [3.63, 3.8) is 0 Å². The summed E-state index contributed by atoms with van der Waals surface area (Å²) in [6, 6.07) is 0. The predicted octanol–water partition coefficient (Wildman–Crippen LogP) is 1.01. The number of allylic oxidation sites excluding steroid dienone is 2. The molecule has 13 heavy (non-hydrogen) atoms. The lowest BCUT2D eigenvalue weighted by Gasteiger charge is -2.13. The molecule has 0 unspecified atom stereocenters. The standard InChI is InChI=1S/C9H13NO3/c1-4-7(2)5-10(8(3)11)6-9(12)13/h4-5H,1,6H2,2-3H3,(H,12,13)/b7-5-. The van der Waals surface area contributed by atoms with Crippen molar-refractivity contribution in [1.29, 1.82) is 0 Å². The molecule has 0 rings (SSSR count). The first-order chi connectivity index (χ1) is 5.97. The van der Waals surface area contributed by atoms with Crippen LogP contribution in [0.15, 0.2) is 24.4 Å². The first-order valence-corrected chi connectivity index (χ1v) is 3.77. The molecule has 0 aliphatic heterocycles. The summed E-state index contributed by atoms with van der Waals surface area (Å²) in [5.74, 6) is -1.34. The van der Waals surface area contributed by atoms with Gasteiger partial charge in [0, 0.05) is 13.1 Å². The summed E-state index contributed by atoms with van der Waals surface area (Å²) in [6.45, 7) is 6.24. The molecule has 0 heterocycles. The highest BCUT2D eigenvalue weighted by molar-refractivity contribution is 5.80. The van der Waals surface area contributed by atoms with Crippen LogP contribution in [0.3, 0.4) is 0 Å². The number of rotatable bonds is 4. The van der Waals surface area contributed by atoms with Crippen molar-refractivity contribution in [1.82, 2.24) is 4.90 Å². The van der Waals surface area contributed by atoms with E-state index in [9.17, 15) is 9.59 Å². The summed E-state index contributed by atoms with van der Waals surface area (Å²) in [6.07, 6.45) is 3.02. The van der Waals surface area contributed by atoms with Crippen molar-refractivity contribution in [3.05, 3.63) is 24.4 Å². The van der Waals surface area contributed by atoms with Crippen molar-refractivity contribution in [3.8, 4) is 0 Å². The van der Waals surface area contributed by atoms with Crippen LogP contribution in [0.2, 0.25) is 0 Å². The van der Waals surface area contributed by atoms with Gasteiger partial charge in [0.25, 0.3) is 0 Å². The predicted molar refractivity (Wildman–Crippen MR) is 49.0 cm³/mol. The van der Waals surface area contributed by atoms with Gasteiger partial charge in [-0.2, -0.15) is 0 Å². The zero-order chi connectivity index (χ0) is 10.4. The lowest BCUT2D eigenvalue weighted by atomic mass is 10.3. The number of amides is 1. The Balaban J connectivity index is 4.52. The molecule has 0 fully saturated rings. The van der Waals surface area contributed by atoms with Crippen LogP contribution in [-0.4, -0.2) is 28.4 Å². The molecule has 0 saturated carbocycles. The van der Waals surface area contributed by atoms with E-state index in [4.69, 9.17) is 5.11 Å². The number of carbonyl (C=O) groups is 2. The van der Waals surface area contributed by atoms with Gasteiger partial charge in [-0.25, -0.2) is 0 Å². The Morgan fingerprint density at radius 2 is 2.00 bits per heavy atom. The normalized spacial score (nSPS) is 10.8. The van der Waals surface area contributed by atoms with Crippen LogP contribution in [0, 0.1) is 0 Å². The third-order valence-corrected chi connectivity index (χ3v) is 1.39. The molecule has 4 nitrogen and oxygen atoms in total. The summed E-state index contributed by atoms with van der Waals surface area (Å²) in [5.41, 5.74) is 0.747. The molecular weight excluding hydrogens is 170 g/mol. The molecule has 0 radical (unpaired) electrons. The summed E-state index contributed by atoms with van der Waals surface area (Å²) in [4.78, 5) is 22.4. The van der Waals surface area contributed by atoms with Crippen LogP contribution in [0.25, 0.3) is 0 Å². The number of nitrogens with zero attached hydrogens (tertiary/aromatic N) is 1. The van der Waals surface area contributed by atoms with Gasteiger partial charge in [-0.3, -0.25) is 9.59 Å². The average Bonchev–Trinajstić information content (AvgIpc) is 2.02. The molecule has 0 aromatic rings. The van der Waals surface area contributed by atoms with E-state index in [-0.39, 0.29) is 12.5 Å². The lowest BCUT2D eigenvalue weighted by Crippen LogP contribution is -2.29. The smallest absolute Gasteiger partial charge is 0.323 e. The molecule has 0 saturated heterocycles. The molecule has 0 atom stereocenters. The van der Waals surface area contributed by atoms with Gasteiger partial charge >= 0.3 is 5.97 Å². The van der Waals surface area contributed by atoms with Crippen LogP contribution in [-0.2, 0) is 9.59 Å². The highest BCUT2D eigenvalue weighted by atomic mass is 16.4. The second-order valence-corrected chi connectivity index (χ2v) is 2.62. The van der Waals surface area contributed by atoms with Gasteiger partial charge in [0.1, 0.15) is 6.54 Å². The average molecular weight is 183 g/mol. The fourth-order valence-electron chi connectivity index (χ4n) is 0.692. The summed E-state index contributed by atoms with van der Waals surface area (Å²) in [7, 11) is 0. The fraction of sp³-hybridized carbons (Fsp3) is 0.333. The largest absolute Gasteiger partial charge is 0.480 e. The Morgan fingerprint density at radius 1 is 1.46 bits per heavy atom. The minimum Gasteiger partial charge on any atom is -0.480 e. The second-order valence-electron chi connectivity index (χ2n) is 2.62. The zero-order valence-corrected chi connectivity index (χ0v) is 7.78. The molecule has 0 aromatic carbocycles. The Kier molecular flexibility index (Phi) is 4.51. The van der Waals surface area contributed by atoms with Crippen molar-refractivity contribution < 1.29 is 14.7 Å². The minimum atomic E-state index is -1.04. The van der Waals surface area contributed by atoms with E-state index in [2.05, 4.69) is 6.58 Å². The van der Waals surface area contributed by atoms with E-state index in [0.717, 1.165) is 10.5 Å². The van der Waals surface area contributed by atoms with Crippen molar-refractivity contribution in [2.75, 3.05) is 6.54 Å². The van der Waals surface area contributed by atoms with E-state index >= 15 is 0 Å². The van der Waals surface area contributed by atoms with E-state index in [0.29, 0.717) is 0 Å². The van der Waals surface area contributed by atoms with Crippen LogP contribution < -0.4 is 0 Å². The van der Waals surface area contributed by atoms with Crippen LogP contribution >= 0.6 is 0 Å². The number of carbonyl (C=O) groups excluding carboxylic acids is 1. The molecule has 4 heteroatoms. The van der Waals surface area contributed by atoms with Crippen LogP contribution in [0.1, 0.15) is 13.8 Å². The van der Waals surface area contributed by atoms with Gasteiger partial charge in [-0.05, 0) is 12.5 Å². The highest BCUT2D eigenvalue weighted by Crippen LogP contribution is 1.98. The lowest BCUT2D eigenvalue weighted by molar-refractivity contribution is -0.141. The Labute approximate surface area is 77.2 Å². The van der Waals surface area contributed by atoms with Gasteiger partial charge < -0.3 is 10.0 Å². The molecule has 0 aliphatic rings. The third kappa shape index (κ3) is 4.79. The molecule has 0 spiro atoms. The van der Waals surface area contributed by atoms with Gasteiger partial charge in [0.15, 0.2) is 0 Å². The monoisotopic (exact) mass is 183 g/mol. The van der Waals surface area contributed by atoms with Crippen molar-refractivity contribution in [2.45, 2.75) is 13.8 Å².